The van der Waals surface area contributed by atoms with Crippen molar-refractivity contribution in [3.63, 3.8) is 0 Å². The summed E-state index contributed by atoms with van der Waals surface area (Å²) in [5.74, 6) is -3.55. The number of hydrogen-bond donors (Lipinski definition) is 1. The topological polar surface area (TPSA) is 75.7 Å². The number of alkyl halides is 3. The number of nitrogens with one attached hydrogen (secondary N) is 1. The van der Waals surface area contributed by atoms with Crippen molar-refractivity contribution in [1.82, 2.24) is 10.2 Å². The van der Waals surface area contributed by atoms with E-state index in [1.807, 2.05) is 5.32 Å². The summed E-state index contributed by atoms with van der Waals surface area (Å²) in [7, 11) is 0. The monoisotopic (exact) mass is 466 g/mol. The van der Waals surface area contributed by atoms with E-state index in [4.69, 9.17) is 4.74 Å². The van der Waals surface area contributed by atoms with E-state index >= 15 is 0 Å². The van der Waals surface area contributed by atoms with E-state index in [-0.39, 0.29) is 25.1 Å². The number of ether oxygens (including phenoxy) is 1. The number of allylic oxidation sites excluding steroid dienone is 1. The molecule has 0 aromatic heterocycles. The summed E-state index contributed by atoms with van der Waals surface area (Å²) in [4.78, 5) is 40.0. The van der Waals surface area contributed by atoms with Crippen molar-refractivity contribution in [3.8, 4) is 0 Å². The van der Waals surface area contributed by atoms with Gasteiger partial charge in [0.2, 0.25) is 11.4 Å². The summed E-state index contributed by atoms with van der Waals surface area (Å²) in [5.41, 5.74) is -3.65. The molecule has 0 unspecified atom stereocenters. The molecule has 33 heavy (non-hydrogen) atoms. The standard InChI is InChI=1S/C24H29F3N2O4/c1-3-33-21(31)20-16(2)29(18-12-8-5-9-13-18)22(32)23(20,24(25,26)27)28-19(30)15-14-17-10-6-4-7-11-17/h4,6-7,10-11,18H,3,5,8-9,12-15H2,1-2H3,(H,28,30)/t23-/m0/s1. The van der Waals surface area contributed by atoms with Gasteiger partial charge in [-0.2, -0.15) is 13.2 Å². The second-order valence-corrected chi connectivity index (χ2v) is 8.43. The second-order valence-electron chi connectivity index (χ2n) is 8.43. The van der Waals surface area contributed by atoms with Crippen molar-refractivity contribution in [1.29, 1.82) is 0 Å². The molecule has 1 aromatic rings. The number of carbonyl (C=O) groups excluding carboxylic acids is 3. The average molecular weight is 467 g/mol. The average Bonchev–Trinajstić information content (AvgIpc) is 3.00. The second kappa shape index (κ2) is 9.97. The van der Waals surface area contributed by atoms with Gasteiger partial charge < -0.3 is 15.0 Å². The van der Waals surface area contributed by atoms with E-state index in [0.29, 0.717) is 12.8 Å². The molecule has 180 valence electrons. The summed E-state index contributed by atoms with van der Waals surface area (Å²) in [6.45, 7) is 2.63. The van der Waals surface area contributed by atoms with Crippen molar-refractivity contribution in [2.75, 3.05) is 6.61 Å². The van der Waals surface area contributed by atoms with E-state index < -0.39 is 41.1 Å². The Labute approximate surface area is 191 Å². The van der Waals surface area contributed by atoms with Gasteiger partial charge in [0.1, 0.15) is 5.57 Å². The van der Waals surface area contributed by atoms with Gasteiger partial charge in [0, 0.05) is 18.2 Å². The molecule has 6 nitrogen and oxygen atoms in total. The molecule has 1 heterocycles. The van der Waals surface area contributed by atoms with E-state index in [9.17, 15) is 27.6 Å². The molecule has 1 aliphatic carbocycles. The van der Waals surface area contributed by atoms with Crippen LogP contribution in [0.1, 0.15) is 57.9 Å². The number of aryl methyl sites for hydroxylation is 1. The van der Waals surface area contributed by atoms with Gasteiger partial charge in [-0.25, -0.2) is 4.79 Å². The number of halogens is 3. The molecule has 0 saturated heterocycles. The SMILES string of the molecule is CCOC(=O)C1=C(C)N(C2CCCCC2)C(=O)[C@]1(NC(=O)CCc1ccccc1)C(F)(F)F. The normalized spacial score (nSPS) is 22.0. The fourth-order valence-electron chi connectivity index (χ4n) is 4.74. The Hall–Kier alpha value is -2.84. The molecule has 9 heteroatoms. The summed E-state index contributed by atoms with van der Waals surface area (Å²) in [6.07, 6.45) is -1.75. The van der Waals surface area contributed by atoms with Gasteiger partial charge in [-0.1, -0.05) is 49.6 Å². The first kappa shape index (κ1) is 24.8. The minimum absolute atomic E-state index is 0.106. The molecule has 3 rings (SSSR count). The highest BCUT2D eigenvalue weighted by atomic mass is 19.4. The zero-order valence-electron chi connectivity index (χ0n) is 18.8. The van der Waals surface area contributed by atoms with Crippen LogP contribution in [0.5, 0.6) is 0 Å². The lowest BCUT2D eigenvalue weighted by molar-refractivity contribution is -0.197. The minimum atomic E-state index is -5.24. The first-order chi connectivity index (χ1) is 15.6. The Morgan fingerprint density at radius 2 is 1.79 bits per heavy atom. The number of hydrogen-bond acceptors (Lipinski definition) is 4. The highest BCUT2D eigenvalue weighted by Crippen LogP contribution is 2.47. The Morgan fingerprint density at radius 3 is 2.36 bits per heavy atom. The van der Waals surface area contributed by atoms with Crippen LogP contribution in [0, 0.1) is 0 Å². The molecule has 2 aliphatic rings. The van der Waals surface area contributed by atoms with Gasteiger partial charge in [0.25, 0.3) is 5.91 Å². The summed E-state index contributed by atoms with van der Waals surface area (Å²) in [5, 5.41) is 1.93. The number of rotatable bonds is 7. The lowest BCUT2D eigenvalue weighted by atomic mass is 9.88. The van der Waals surface area contributed by atoms with Crippen LogP contribution in [0.2, 0.25) is 0 Å². The Balaban J connectivity index is 1.99. The molecule has 0 spiro atoms. The molecule has 0 bridgehead atoms. The maximum atomic E-state index is 14.7. The molecular formula is C24H29F3N2O4. The van der Waals surface area contributed by atoms with Crippen LogP contribution in [-0.2, 0) is 25.5 Å². The molecular weight excluding hydrogens is 437 g/mol. The molecule has 0 radical (unpaired) electrons. The molecule has 1 atom stereocenters. The molecule has 2 amide bonds. The fourth-order valence-corrected chi connectivity index (χ4v) is 4.74. The minimum Gasteiger partial charge on any atom is -0.462 e. The molecule has 1 saturated carbocycles. The third kappa shape index (κ3) is 4.77. The van der Waals surface area contributed by atoms with Gasteiger partial charge in [-0.3, -0.25) is 9.59 Å². The maximum Gasteiger partial charge on any atom is 0.425 e. The lowest BCUT2D eigenvalue weighted by Crippen LogP contribution is -2.66. The Kier molecular flexibility index (Phi) is 7.49. The number of carbonyl (C=O) groups is 3. The largest absolute Gasteiger partial charge is 0.462 e. The van der Waals surface area contributed by atoms with Gasteiger partial charge in [-0.05, 0) is 38.7 Å². The molecule has 1 N–H and O–H groups in total. The highest BCUT2D eigenvalue weighted by molar-refractivity contribution is 6.10. The summed E-state index contributed by atoms with van der Waals surface area (Å²) >= 11 is 0. The van der Waals surface area contributed by atoms with E-state index in [2.05, 4.69) is 0 Å². The quantitative estimate of drug-likeness (QED) is 0.616. The zero-order chi connectivity index (χ0) is 24.2. The van der Waals surface area contributed by atoms with Crippen LogP contribution in [0.3, 0.4) is 0 Å². The van der Waals surface area contributed by atoms with Crippen LogP contribution < -0.4 is 5.32 Å². The predicted octanol–water partition coefficient (Wildman–Crippen LogP) is 4.05. The zero-order valence-corrected chi connectivity index (χ0v) is 18.8. The smallest absolute Gasteiger partial charge is 0.425 e. The van der Waals surface area contributed by atoms with E-state index in [1.54, 1.807) is 30.3 Å². The predicted molar refractivity (Wildman–Crippen MR) is 115 cm³/mol. The van der Waals surface area contributed by atoms with E-state index in [0.717, 1.165) is 29.7 Å². The van der Waals surface area contributed by atoms with Crippen molar-refractivity contribution in [2.24, 2.45) is 0 Å². The lowest BCUT2D eigenvalue weighted by Gasteiger charge is -2.36. The van der Waals surface area contributed by atoms with Crippen molar-refractivity contribution < 1.29 is 32.3 Å². The van der Waals surface area contributed by atoms with Crippen LogP contribution >= 0.6 is 0 Å². The van der Waals surface area contributed by atoms with Crippen LogP contribution in [0.25, 0.3) is 0 Å². The Morgan fingerprint density at radius 1 is 1.15 bits per heavy atom. The van der Waals surface area contributed by atoms with Crippen LogP contribution in [0.15, 0.2) is 41.6 Å². The molecule has 1 aromatic carbocycles. The number of esters is 1. The van der Waals surface area contributed by atoms with Crippen LogP contribution in [0.4, 0.5) is 13.2 Å². The number of benzene rings is 1. The van der Waals surface area contributed by atoms with Crippen molar-refractivity contribution in [3.05, 3.63) is 47.2 Å². The van der Waals surface area contributed by atoms with Gasteiger partial charge in [0.15, 0.2) is 0 Å². The van der Waals surface area contributed by atoms with Crippen molar-refractivity contribution >= 4 is 17.8 Å². The van der Waals surface area contributed by atoms with E-state index in [1.165, 1.54) is 13.8 Å². The third-order valence-corrected chi connectivity index (χ3v) is 6.29. The van der Waals surface area contributed by atoms with Crippen molar-refractivity contribution in [2.45, 2.75) is 76.6 Å². The highest BCUT2D eigenvalue weighted by Gasteiger charge is 2.71. The first-order valence-corrected chi connectivity index (χ1v) is 11.3. The summed E-state index contributed by atoms with van der Waals surface area (Å²) < 4.78 is 48.9. The molecule has 1 aliphatic heterocycles. The van der Waals surface area contributed by atoms with Gasteiger partial charge in [-0.15, -0.1) is 0 Å². The third-order valence-electron chi connectivity index (χ3n) is 6.29. The van der Waals surface area contributed by atoms with Gasteiger partial charge in [0.05, 0.1) is 6.61 Å². The Bertz CT molecular complexity index is 923. The van der Waals surface area contributed by atoms with Crippen LogP contribution in [-0.4, -0.2) is 47.0 Å². The van der Waals surface area contributed by atoms with Gasteiger partial charge >= 0.3 is 12.1 Å². The number of nitrogens with zero attached hydrogens (tertiary/aromatic N) is 1. The first-order valence-electron chi connectivity index (χ1n) is 11.3. The summed E-state index contributed by atoms with van der Waals surface area (Å²) in [6, 6.07) is 8.37. The maximum absolute atomic E-state index is 14.7. The number of amides is 2. The molecule has 1 fully saturated rings. The fraction of sp³-hybridized carbons (Fsp3) is 0.542.